The van der Waals surface area contributed by atoms with Gasteiger partial charge in [0.2, 0.25) is 0 Å². The number of halogens is 1. The Labute approximate surface area is 62.4 Å². The van der Waals surface area contributed by atoms with Crippen molar-refractivity contribution < 1.29 is 32.3 Å². The smallest absolute Gasteiger partial charge is 0.549 e. The van der Waals surface area contributed by atoms with Crippen LogP contribution < -0.4 is 5.11 Å². The van der Waals surface area contributed by atoms with Crippen LogP contribution in [-0.4, -0.2) is 11.3 Å². The maximum atomic E-state index is 9.46. The first kappa shape index (κ1) is 10.5. The molecule has 0 saturated carbocycles. The van der Waals surface area contributed by atoms with Crippen LogP contribution in [0.4, 0.5) is 0 Å². The maximum Gasteiger partial charge on any atom is 1.00 e. The molecule has 1 unspecified atom stereocenters. The average Bonchev–Trinajstić information content (AvgIpc) is 1.36. The normalized spacial score (nSPS) is 11.7. The zero-order valence-electron chi connectivity index (χ0n) is 3.57. The first-order valence-corrected chi connectivity index (χ1v) is 1.93. The van der Waals surface area contributed by atoms with Gasteiger partial charge in [-0.1, -0.05) is 0 Å². The summed E-state index contributed by atoms with van der Waals surface area (Å²) in [6.07, 6.45) is 0. The second kappa shape index (κ2) is 4.65. The van der Waals surface area contributed by atoms with Gasteiger partial charge in [-0.2, -0.15) is 0 Å². The molecule has 0 radical (unpaired) electrons. The predicted octanol–water partition coefficient (Wildman–Crippen LogP) is -0.639. The summed E-state index contributed by atoms with van der Waals surface area (Å²) >= 11 is 4.95. The number of aliphatic carboxylic acids is 1. The van der Waals surface area contributed by atoms with Crippen molar-refractivity contribution in [2.45, 2.75) is 12.3 Å². The summed E-state index contributed by atoms with van der Waals surface area (Å²) in [6.45, 7) is 1.34. The third kappa shape index (κ3) is 6.50. The minimum atomic E-state index is -1.23. The molecule has 2 nitrogen and oxygen atoms in total. The molecule has 0 N–H and O–H groups in total. The van der Waals surface area contributed by atoms with E-state index in [1.54, 1.807) is 0 Å². The number of alkyl halides is 1. The fraction of sp³-hybridized carbons (Fsp3) is 0.667. The summed E-state index contributed by atoms with van der Waals surface area (Å²) in [5.74, 6) is -1.23. The Hall–Kier alpha value is 0.500. The van der Waals surface area contributed by atoms with Crippen molar-refractivity contribution in [3.63, 3.8) is 0 Å². The van der Waals surface area contributed by atoms with E-state index in [0.29, 0.717) is 0 Å². The third-order valence-electron chi connectivity index (χ3n) is 0.325. The molecular formula is C3H4AgClO2. The molecule has 0 aliphatic rings. The third-order valence-corrected chi connectivity index (χ3v) is 0.503. The second-order valence-corrected chi connectivity index (χ2v) is 1.59. The molecule has 0 aliphatic carbocycles. The van der Waals surface area contributed by atoms with Crippen molar-refractivity contribution in [1.29, 1.82) is 0 Å². The van der Waals surface area contributed by atoms with Crippen molar-refractivity contribution in [3.8, 4) is 0 Å². The van der Waals surface area contributed by atoms with Gasteiger partial charge in [0.1, 0.15) is 0 Å². The van der Waals surface area contributed by atoms with Gasteiger partial charge in [-0.15, -0.1) is 11.6 Å². The molecule has 0 amide bonds. The fourth-order valence-electron chi connectivity index (χ4n) is 0. The van der Waals surface area contributed by atoms with Gasteiger partial charge in [0, 0.05) is 0 Å². The maximum absolute atomic E-state index is 9.46. The summed E-state index contributed by atoms with van der Waals surface area (Å²) in [5, 5.41) is 8.59. The van der Waals surface area contributed by atoms with Crippen LogP contribution in [0.15, 0.2) is 0 Å². The molecule has 0 saturated heterocycles. The van der Waals surface area contributed by atoms with E-state index in [1.807, 2.05) is 0 Å². The SMILES string of the molecule is CC(Cl)C(=O)[O-].[Ag+]. The number of carbonyl (C=O) groups excluding carboxylic acids is 1. The molecule has 0 heterocycles. The average molecular weight is 215 g/mol. The van der Waals surface area contributed by atoms with E-state index >= 15 is 0 Å². The van der Waals surface area contributed by atoms with Crippen LogP contribution in [0, 0.1) is 0 Å². The van der Waals surface area contributed by atoms with Gasteiger partial charge in [0.25, 0.3) is 0 Å². The molecule has 0 aromatic rings. The molecule has 0 aromatic carbocycles. The molecule has 7 heavy (non-hydrogen) atoms. The van der Waals surface area contributed by atoms with E-state index in [9.17, 15) is 9.90 Å². The number of carboxylic acids is 1. The molecule has 0 aliphatic heterocycles. The van der Waals surface area contributed by atoms with Crippen LogP contribution in [0.25, 0.3) is 0 Å². The molecule has 0 fully saturated rings. The quantitative estimate of drug-likeness (QED) is 0.431. The van der Waals surface area contributed by atoms with Crippen molar-refractivity contribution in [1.82, 2.24) is 0 Å². The second-order valence-electron chi connectivity index (χ2n) is 0.935. The summed E-state index contributed by atoms with van der Waals surface area (Å²) < 4.78 is 0. The van der Waals surface area contributed by atoms with Crippen LogP contribution in [0.5, 0.6) is 0 Å². The van der Waals surface area contributed by atoms with E-state index in [4.69, 9.17) is 11.6 Å². The van der Waals surface area contributed by atoms with Gasteiger partial charge in [-0.05, 0) is 6.92 Å². The van der Waals surface area contributed by atoms with Crippen molar-refractivity contribution in [3.05, 3.63) is 0 Å². The number of rotatable bonds is 1. The molecule has 4 heteroatoms. The monoisotopic (exact) mass is 214 g/mol. The Bertz CT molecular complexity index is 64.0. The molecule has 0 aromatic heterocycles. The Morgan fingerprint density at radius 2 is 2.00 bits per heavy atom. The summed E-state index contributed by atoms with van der Waals surface area (Å²) in [6, 6.07) is 0. The van der Waals surface area contributed by atoms with Crippen LogP contribution in [0.2, 0.25) is 0 Å². The number of carboxylic acid groups (broad SMARTS) is 1. The predicted molar refractivity (Wildman–Crippen MR) is 20.3 cm³/mol. The van der Waals surface area contributed by atoms with Crippen LogP contribution in [-0.2, 0) is 27.2 Å². The first-order chi connectivity index (χ1) is 2.64. The molecule has 0 bridgehead atoms. The Balaban J connectivity index is 0. The standard InChI is InChI=1S/C3H5ClO2.Ag/c1-2(4)3(5)6;/h2H,1H3,(H,5,6);/q;+1/p-1. The Kier molecular flexibility index (Phi) is 6.96. The summed E-state index contributed by atoms with van der Waals surface area (Å²) in [5.41, 5.74) is 0. The zero-order chi connectivity index (χ0) is 5.15. The van der Waals surface area contributed by atoms with Gasteiger partial charge >= 0.3 is 22.4 Å². The minimum absolute atomic E-state index is 0. The zero-order valence-corrected chi connectivity index (χ0v) is 5.81. The number of carbonyl (C=O) groups is 1. The Morgan fingerprint density at radius 1 is 1.86 bits per heavy atom. The molecule has 1 atom stereocenters. The van der Waals surface area contributed by atoms with Gasteiger partial charge in [-0.25, -0.2) is 0 Å². The van der Waals surface area contributed by atoms with Crippen LogP contribution in [0.1, 0.15) is 6.92 Å². The molecule has 46 valence electrons. The summed E-state index contributed by atoms with van der Waals surface area (Å²) in [7, 11) is 0. The van der Waals surface area contributed by atoms with E-state index in [1.165, 1.54) is 6.92 Å². The minimum Gasteiger partial charge on any atom is -0.549 e. The molecule has 0 rings (SSSR count). The van der Waals surface area contributed by atoms with Crippen LogP contribution >= 0.6 is 11.6 Å². The van der Waals surface area contributed by atoms with Crippen molar-refractivity contribution in [2.24, 2.45) is 0 Å². The van der Waals surface area contributed by atoms with Gasteiger partial charge < -0.3 is 9.90 Å². The number of hydrogen-bond donors (Lipinski definition) is 0. The van der Waals surface area contributed by atoms with Gasteiger partial charge in [0.15, 0.2) is 0 Å². The van der Waals surface area contributed by atoms with E-state index in [2.05, 4.69) is 0 Å². The van der Waals surface area contributed by atoms with E-state index in [-0.39, 0.29) is 22.4 Å². The first-order valence-electron chi connectivity index (χ1n) is 1.49. The van der Waals surface area contributed by atoms with E-state index < -0.39 is 11.3 Å². The number of hydrogen-bond acceptors (Lipinski definition) is 2. The van der Waals surface area contributed by atoms with Crippen LogP contribution in [0.3, 0.4) is 0 Å². The molecular weight excluding hydrogens is 211 g/mol. The fourth-order valence-corrected chi connectivity index (χ4v) is 0. The topological polar surface area (TPSA) is 40.1 Å². The van der Waals surface area contributed by atoms with Gasteiger partial charge in [0.05, 0.1) is 11.3 Å². The van der Waals surface area contributed by atoms with E-state index in [0.717, 1.165) is 0 Å². The van der Waals surface area contributed by atoms with Gasteiger partial charge in [-0.3, -0.25) is 0 Å². The van der Waals surface area contributed by atoms with Crippen molar-refractivity contribution >= 4 is 17.6 Å². The largest absolute Gasteiger partial charge is 1.00 e. The summed E-state index contributed by atoms with van der Waals surface area (Å²) in [4.78, 5) is 9.46. The van der Waals surface area contributed by atoms with Crippen molar-refractivity contribution in [2.75, 3.05) is 0 Å². The molecule has 0 spiro atoms. The Morgan fingerprint density at radius 3 is 2.00 bits per heavy atom.